The largest absolute Gasteiger partial charge is 0.497 e. The number of nitrogens with two attached hydrogens (primary N) is 1. The van der Waals surface area contributed by atoms with Crippen LogP contribution in [0.1, 0.15) is 48.3 Å². The summed E-state index contributed by atoms with van der Waals surface area (Å²) < 4.78 is 46.3. The minimum Gasteiger partial charge on any atom is -0.497 e. The number of nitrogens with one attached hydrogen (secondary N) is 2. The molecule has 0 saturated carbocycles. The van der Waals surface area contributed by atoms with E-state index in [0.29, 0.717) is 19.3 Å². The number of pyridine rings is 1. The predicted molar refractivity (Wildman–Crippen MR) is 147 cm³/mol. The number of carbonyl (C=O) groups is 1. The van der Waals surface area contributed by atoms with E-state index in [1.165, 1.54) is 29.3 Å². The maximum Gasteiger partial charge on any atom is 0.243 e. The van der Waals surface area contributed by atoms with Crippen molar-refractivity contribution in [1.29, 1.82) is 0 Å². The quantitative estimate of drug-likeness (QED) is 0.295. The van der Waals surface area contributed by atoms with E-state index in [4.69, 9.17) is 10.5 Å². The molecule has 0 aliphatic heterocycles. The van der Waals surface area contributed by atoms with Crippen LogP contribution in [0.3, 0.4) is 0 Å². The van der Waals surface area contributed by atoms with Gasteiger partial charge in [0.1, 0.15) is 16.5 Å². The number of hydrogen-bond acceptors (Lipinski definition) is 6. The number of ether oxygens (including phenoxy) is 1. The fourth-order valence-corrected chi connectivity index (χ4v) is 6.22. The maximum absolute atomic E-state index is 13.8. The molecule has 3 atom stereocenters. The van der Waals surface area contributed by atoms with E-state index in [0.717, 1.165) is 36.6 Å². The Balaban J connectivity index is 1.32. The first-order valence-electron chi connectivity index (χ1n) is 13.1. The first-order chi connectivity index (χ1) is 18.8. The van der Waals surface area contributed by atoms with Gasteiger partial charge in [-0.25, -0.2) is 17.5 Å². The fraction of sp³-hybridized carbons (Fsp3) is 0.379. The van der Waals surface area contributed by atoms with Crippen LogP contribution in [0.2, 0.25) is 0 Å². The van der Waals surface area contributed by atoms with Crippen molar-refractivity contribution in [3.05, 3.63) is 89.5 Å². The Morgan fingerprint density at radius 1 is 1.18 bits per heavy atom. The van der Waals surface area contributed by atoms with Gasteiger partial charge in [-0.05, 0) is 79.1 Å². The molecule has 4 N–H and O–H groups in total. The van der Waals surface area contributed by atoms with Gasteiger partial charge in [0.25, 0.3) is 0 Å². The fourth-order valence-electron chi connectivity index (χ4n) is 5.07. The molecule has 1 aromatic heterocycles. The number of benzene rings is 2. The lowest BCUT2D eigenvalue weighted by molar-refractivity contribution is -0.123. The lowest BCUT2D eigenvalue weighted by atomic mass is 9.76. The van der Waals surface area contributed by atoms with Crippen molar-refractivity contribution in [3.8, 4) is 5.75 Å². The van der Waals surface area contributed by atoms with Crippen LogP contribution in [0.15, 0.2) is 71.9 Å². The maximum atomic E-state index is 13.8. The first-order valence-corrected chi connectivity index (χ1v) is 14.6. The molecule has 0 spiro atoms. The van der Waals surface area contributed by atoms with Gasteiger partial charge in [0.15, 0.2) is 0 Å². The van der Waals surface area contributed by atoms with Crippen LogP contribution in [0.4, 0.5) is 4.39 Å². The third-order valence-electron chi connectivity index (χ3n) is 7.16. The van der Waals surface area contributed by atoms with Crippen LogP contribution in [0, 0.1) is 5.82 Å². The summed E-state index contributed by atoms with van der Waals surface area (Å²) >= 11 is 0. The minimum absolute atomic E-state index is 0.0628. The Morgan fingerprint density at radius 2 is 2.00 bits per heavy atom. The summed E-state index contributed by atoms with van der Waals surface area (Å²) in [6, 6.07) is 14.5. The molecule has 3 aromatic rings. The van der Waals surface area contributed by atoms with Gasteiger partial charge >= 0.3 is 0 Å². The zero-order valence-electron chi connectivity index (χ0n) is 22.0. The summed E-state index contributed by atoms with van der Waals surface area (Å²) in [5.41, 5.74) is 9.71. The number of unbranched alkanes of at least 4 members (excludes halogenated alkanes) is 1. The van der Waals surface area contributed by atoms with Crippen LogP contribution >= 0.6 is 0 Å². The van der Waals surface area contributed by atoms with Crippen molar-refractivity contribution in [1.82, 2.24) is 15.0 Å². The average Bonchev–Trinajstić information content (AvgIpc) is 2.94. The second-order valence-corrected chi connectivity index (χ2v) is 11.6. The van der Waals surface area contributed by atoms with Gasteiger partial charge in [0.05, 0.1) is 13.2 Å². The van der Waals surface area contributed by atoms with Gasteiger partial charge in [-0.2, -0.15) is 0 Å². The van der Waals surface area contributed by atoms with E-state index < -0.39 is 21.9 Å². The Bertz CT molecular complexity index is 1370. The van der Waals surface area contributed by atoms with Gasteiger partial charge in [0, 0.05) is 30.9 Å². The van der Waals surface area contributed by atoms with Gasteiger partial charge in [-0.1, -0.05) is 30.7 Å². The molecule has 4 rings (SSSR count). The number of aryl methyl sites for hydroxylation is 1. The van der Waals surface area contributed by atoms with Crippen molar-refractivity contribution in [2.24, 2.45) is 5.73 Å². The molecular weight excluding hydrogens is 519 g/mol. The second kappa shape index (κ2) is 13.1. The number of amides is 1. The summed E-state index contributed by atoms with van der Waals surface area (Å²) in [5, 5.41) is 3.18. The number of halogens is 1. The molecule has 0 fully saturated rings. The average molecular weight is 555 g/mol. The normalized spacial score (nSPS) is 17.7. The van der Waals surface area contributed by atoms with Crippen molar-refractivity contribution < 1.29 is 22.3 Å². The number of methoxy groups -OCH3 is 1. The summed E-state index contributed by atoms with van der Waals surface area (Å²) in [5.74, 6) is -0.141. The summed E-state index contributed by atoms with van der Waals surface area (Å²) in [4.78, 5) is 16.9. The van der Waals surface area contributed by atoms with Gasteiger partial charge < -0.3 is 15.8 Å². The highest BCUT2D eigenvalue weighted by molar-refractivity contribution is 7.89. The van der Waals surface area contributed by atoms with E-state index in [1.54, 1.807) is 13.3 Å². The highest BCUT2D eigenvalue weighted by Gasteiger charge is 2.32. The molecule has 3 unspecified atom stereocenters. The molecule has 39 heavy (non-hydrogen) atoms. The summed E-state index contributed by atoms with van der Waals surface area (Å²) in [6.07, 6.45) is 7.34. The van der Waals surface area contributed by atoms with E-state index in [1.807, 2.05) is 24.4 Å². The number of nitrogens with zero attached hydrogens (tertiary/aromatic N) is 1. The first kappa shape index (κ1) is 28.7. The van der Waals surface area contributed by atoms with E-state index in [9.17, 15) is 17.6 Å². The number of aromatic nitrogens is 1. The molecule has 1 aliphatic carbocycles. The second-order valence-electron chi connectivity index (χ2n) is 9.82. The Morgan fingerprint density at radius 3 is 2.74 bits per heavy atom. The van der Waals surface area contributed by atoms with Crippen LogP contribution in [0.5, 0.6) is 5.75 Å². The molecule has 0 saturated heterocycles. The van der Waals surface area contributed by atoms with E-state index in [-0.39, 0.29) is 29.3 Å². The van der Waals surface area contributed by atoms with Gasteiger partial charge in [-0.15, -0.1) is 0 Å². The topological polar surface area (TPSA) is 123 Å². The van der Waals surface area contributed by atoms with Crippen molar-refractivity contribution in [2.45, 2.75) is 61.4 Å². The third-order valence-corrected chi connectivity index (χ3v) is 8.66. The summed E-state index contributed by atoms with van der Waals surface area (Å²) in [7, 11) is -2.28. The number of hydrogen-bond donors (Lipinski definition) is 3. The van der Waals surface area contributed by atoms with Crippen molar-refractivity contribution in [2.75, 3.05) is 13.7 Å². The van der Waals surface area contributed by atoms with E-state index in [2.05, 4.69) is 27.2 Å². The van der Waals surface area contributed by atoms with E-state index >= 15 is 0 Å². The Kier molecular flexibility index (Phi) is 9.66. The predicted octanol–water partition coefficient (Wildman–Crippen LogP) is 3.46. The zero-order chi connectivity index (χ0) is 27.8. The van der Waals surface area contributed by atoms with Gasteiger partial charge in [-0.3, -0.25) is 9.78 Å². The molecule has 0 bridgehead atoms. The smallest absolute Gasteiger partial charge is 0.243 e. The highest BCUT2D eigenvalue weighted by atomic mass is 32.2. The van der Waals surface area contributed by atoms with Gasteiger partial charge in [0.2, 0.25) is 15.9 Å². The molecule has 8 nitrogen and oxygen atoms in total. The molecule has 208 valence electrons. The molecule has 2 aromatic carbocycles. The Labute approximate surface area is 229 Å². The zero-order valence-corrected chi connectivity index (χ0v) is 22.8. The molecule has 10 heteroatoms. The molecular formula is C29H35FN4O4S. The SMILES string of the molecule is COc1ccc2c(c1)CCC(NC(=O)C(N)CCCCNS(=O)(=O)c1ccccc1F)C2Cc1cccnc1. The molecule has 0 radical (unpaired) electrons. The van der Waals surface area contributed by atoms with Crippen molar-refractivity contribution >= 4 is 15.9 Å². The van der Waals surface area contributed by atoms with Crippen LogP contribution in [-0.2, 0) is 27.7 Å². The number of rotatable bonds is 12. The number of carbonyl (C=O) groups excluding carboxylic acids is 1. The summed E-state index contributed by atoms with van der Waals surface area (Å²) in [6.45, 7) is 0.126. The third kappa shape index (κ3) is 7.40. The Hall–Kier alpha value is -3.34. The number of sulfonamides is 1. The lowest BCUT2D eigenvalue weighted by Crippen LogP contribution is -2.49. The van der Waals surface area contributed by atoms with Crippen LogP contribution in [0.25, 0.3) is 0 Å². The molecule has 1 aliphatic rings. The molecule has 1 heterocycles. The lowest BCUT2D eigenvalue weighted by Gasteiger charge is -2.35. The standard InChI is InChI=1S/C29H35FN4O4S/c1-38-22-12-13-23-21(18-22)11-14-27(24(23)17-20-7-6-15-32-19-20)34-29(35)26(31)9-4-5-16-33-39(36,37)28-10-3-2-8-25(28)30/h2-3,6-8,10,12-13,15,18-19,24,26-27,33H,4-5,9,11,14,16-17,31H2,1H3,(H,34,35). The van der Waals surface area contributed by atoms with Crippen molar-refractivity contribution in [3.63, 3.8) is 0 Å². The monoisotopic (exact) mass is 554 g/mol. The number of fused-ring (bicyclic) bond motifs is 1. The highest BCUT2D eigenvalue weighted by Crippen LogP contribution is 2.36. The van der Waals surface area contributed by atoms with Crippen LogP contribution in [-0.4, -0.2) is 45.0 Å². The minimum atomic E-state index is -3.94. The molecule has 1 amide bonds. The van der Waals surface area contributed by atoms with Crippen LogP contribution < -0.4 is 20.5 Å².